The standard InChI is InChI=1S/C25H29F3N6O2/c26-25(27,28)13-16-2-1-3-17(12-16)14-31-19-6-8-24(9-7-19,10-11-29)34-15-20(21(30)35)22(33-34)32-23(36)18-4-5-18/h1-3,12,15,18-19,31H,4-10,13-14H2,(H2,30,35)(H,32,33,36). The van der Waals surface area contributed by atoms with Crippen molar-refractivity contribution in [3.8, 4) is 6.07 Å². The van der Waals surface area contributed by atoms with E-state index in [1.807, 2.05) is 0 Å². The molecule has 0 aliphatic heterocycles. The minimum atomic E-state index is -4.25. The summed E-state index contributed by atoms with van der Waals surface area (Å²) in [5.74, 6) is -0.845. The summed E-state index contributed by atoms with van der Waals surface area (Å²) in [4.78, 5) is 24.2. The van der Waals surface area contributed by atoms with Gasteiger partial charge in [-0.1, -0.05) is 24.3 Å². The SMILES string of the molecule is N#CCC1(n2cc(C(N)=O)c(NC(=O)C3CC3)n2)CCC(NCc2cccc(CC(F)(F)F)c2)CC1. The van der Waals surface area contributed by atoms with Crippen LogP contribution in [0.1, 0.15) is 66.4 Å². The lowest BCUT2D eigenvalue weighted by Gasteiger charge is -2.39. The van der Waals surface area contributed by atoms with Gasteiger partial charge in [-0.3, -0.25) is 14.3 Å². The highest BCUT2D eigenvalue weighted by Crippen LogP contribution is 2.39. The lowest BCUT2D eigenvalue weighted by atomic mass is 9.77. The maximum Gasteiger partial charge on any atom is 0.393 e. The number of hydrogen-bond acceptors (Lipinski definition) is 5. The van der Waals surface area contributed by atoms with E-state index < -0.39 is 24.0 Å². The zero-order chi connectivity index (χ0) is 25.9. The maximum atomic E-state index is 12.7. The van der Waals surface area contributed by atoms with Crippen LogP contribution < -0.4 is 16.4 Å². The Hall–Kier alpha value is -3.39. The van der Waals surface area contributed by atoms with Crippen molar-refractivity contribution in [2.75, 3.05) is 5.32 Å². The number of rotatable bonds is 9. The lowest BCUT2D eigenvalue weighted by molar-refractivity contribution is -0.127. The van der Waals surface area contributed by atoms with Gasteiger partial charge in [0.2, 0.25) is 5.91 Å². The first-order valence-corrected chi connectivity index (χ1v) is 12.0. The van der Waals surface area contributed by atoms with E-state index in [-0.39, 0.29) is 41.2 Å². The predicted molar refractivity (Wildman–Crippen MR) is 126 cm³/mol. The number of benzene rings is 1. The van der Waals surface area contributed by atoms with Crippen LogP contribution in [-0.2, 0) is 23.3 Å². The number of nitrogens with zero attached hydrogens (tertiary/aromatic N) is 3. The summed E-state index contributed by atoms with van der Waals surface area (Å²) in [5, 5.41) is 20.1. The van der Waals surface area contributed by atoms with Crippen LogP contribution in [0.25, 0.3) is 0 Å². The van der Waals surface area contributed by atoms with Crippen molar-refractivity contribution < 1.29 is 22.8 Å². The van der Waals surface area contributed by atoms with Gasteiger partial charge in [0.15, 0.2) is 5.82 Å². The number of alkyl halides is 3. The molecule has 2 aliphatic rings. The first-order valence-electron chi connectivity index (χ1n) is 12.0. The minimum Gasteiger partial charge on any atom is -0.365 e. The van der Waals surface area contributed by atoms with Crippen LogP contribution in [0.2, 0.25) is 0 Å². The van der Waals surface area contributed by atoms with Crippen molar-refractivity contribution in [2.45, 2.75) is 75.7 Å². The third-order valence-corrected chi connectivity index (χ3v) is 6.97. The number of anilines is 1. The molecule has 2 aromatic rings. The molecule has 2 aliphatic carbocycles. The van der Waals surface area contributed by atoms with Gasteiger partial charge in [-0.05, 0) is 49.7 Å². The third-order valence-electron chi connectivity index (χ3n) is 6.97. The quantitative estimate of drug-likeness (QED) is 0.481. The molecule has 2 fully saturated rings. The number of halogens is 3. The molecule has 4 N–H and O–H groups in total. The van der Waals surface area contributed by atoms with Gasteiger partial charge in [0.05, 0.1) is 24.4 Å². The highest BCUT2D eigenvalue weighted by atomic mass is 19.4. The van der Waals surface area contributed by atoms with Gasteiger partial charge in [-0.2, -0.15) is 23.5 Å². The third kappa shape index (κ3) is 6.23. The number of hydrogen-bond donors (Lipinski definition) is 3. The van der Waals surface area contributed by atoms with Gasteiger partial charge in [0, 0.05) is 24.7 Å². The molecule has 8 nitrogen and oxygen atoms in total. The molecule has 11 heteroatoms. The summed E-state index contributed by atoms with van der Waals surface area (Å²) in [6.07, 6.45) is 0.707. The van der Waals surface area contributed by atoms with E-state index >= 15 is 0 Å². The Morgan fingerprint density at radius 3 is 2.50 bits per heavy atom. The van der Waals surface area contributed by atoms with Crippen molar-refractivity contribution in [3.05, 3.63) is 47.2 Å². The van der Waals surface area contributed by atoms with E-state index in [0.29, 0.717) is 32.2 Å². The first kappa shape index (κ1) is 25.7. The monoisotopic (exact) mass is 502 g/mol. The Morgan fingerprint density at radius 1 is 1.19 bits per heavy atom. The molecule has 0 radical (unpaired) electrons. The summed E-state index contributed by atoms with van der Waals surface area (Å²) in [6.45, 7) is 0.437. The van der Waals surface area contributed by atoms with Crippen LogP contribution in [0.4, 0.5) is 19.0 Å². The van der Waals surface area contributed by atoms with Crippen molar-refractivity contribution in [2.24, 2.45) is 11.7 Å². The van der Waals surface area contributed by atoms with Crippen molar-refractivity contribution in [1.29, 1.82) is 5.26 Å². The summed E-state index contributed by atoms with van der Waals surface area (Å²) in [6, 6.07) is 8.80. The first-order chi connectivity index (χ1) is 17.1. The number of carbonyl (C=O) groups is 2. The molecule has 4 rings (SSSR count). The average Bonchev–Trinajstić information content (AvgIpc) is 3.58. The summed E-state index contributed by atoms with van der Waals surface area (Å²) < 4.78 is 39.7. The van der Waals surface area contributed by atoms with Crippen molar-refractivity contribution in [1.82, 2.24) is 15.1 Å². The van der Waals surface area contributed by atoms with Crippen LogP contribution in [0.3, 0.4) is 0 Å². The van der Waals surface area contributed by atoms with Gasteiger partial charge in [0.1, 0.15) is 5.56 Å². The van der Waals surface area contributed by atoms with Crippen LogP contribution in [0, 0.1) is 17.2 Å². The molecular formula is C25H29F3N6O2. The molecule has 36 heavy (non-hydrogen) atoms. The zero-order valence-electron chi connectivity index (χ0n) is 19.8. The molecule has 1 heterocycles. The van der Waals surface area contributed by atoms with Crippen LogP contribution >= 0.6 is 0 Å². The second kappa shape index (κ2) is 10.3. The number of aromatic nitrogens is 2. The number of carbonyl (C=O) groups excluding carboxylic acids is 2. The summed E-state index contributed by atoms with van der Waals surface area (Å²) >= 11 is 0. The number of nitrogens with one attached hydrogen (secondary N) is 2. The van der Waals surface area contributed by atoms with Crippen LogP contribution in [0.5, 0.6) is 0 Å². The normalized spacial score (nSPS) is 22.1. The molecule has 2 amide bonds. The molecule has 1 aromatic heterocycles. The van der Waals surface area contributed by atoms with Gasteiger partial charge < -0.3 is 16.4 Å². The number of primary amides is 1. The molecule has 0 saturated heterocycles. The van der Waals surface area contributed by atoms with Crippen molar-refractivity contribution >= 4 is 17.6 Å². The molecule has 1 aromatic carbocycles. The molecule has 0 unspecified atom stereocenters. The number of nitrogens with two attached hydrogens (primary N) is 1. The molecule has 0 spiro atoms. The zero-order valence-corrected chi connectivity index (χ0v) is 19.8. The summed E-state index contributed by atoms with van der Waals surface area (Å²) in [5.41, 5.74) is 5.99. The fraction of sp³-hybridized carbons (Fsp3) is 0.520. The van der Waals surface area contributed by atoms with Crippen LogP contribution in [0.15, 0.2) is 30.5 Å². The van der Waals surface area contributed by atoms with Crippen molar-refractivity contribution in [3.63, 3.8) is 0 Å². The highest BCUT2D eigenvalue weighted by molar-refractivity contribution is 6.02. The molecule has 0 atom stereocenters. The van der Waals surface area contributed by atoms with E-state index in [1.54, 1.807) is 22.9 Å². The van der Waals surface area contributed by atoms with Gasteiger partial charge in [-0.15, -0.1) is 0 Å². The predicted octanol–water partition coefficient (Wildman–Crippen LogP) is 3.78. The second-order valence-electron chi connectivity index (χ2n) is 9.79. The second-order valence-corrected chi connectivity index (χ2v) is 9.79. The molecule has 2 saturated carbocycles. The molecule has 0 bridgehead atoms. The van der Waals surface area contributed by atoms with E-state index in [1.165, 1.54) is 12.3 Å². The topological polar surface area (TPSA) is 126 Å². The highest BCUT2D eigenvalue weighted by Gasteiger charge is 2.39. The molecule has 192 valence electrons. The lowest BCUT2D eigenvalue weighted by Crippen LogP contribution is -2.43. The van der Waals surface area contributed by atoms with Gasteiger partial charge in [-0.25, -0.2) is 0 Å². The average molecular weight is 503 g/mol. The maximum absolute atomic E-state index is 12.7. The van der Waals surface area contributed by atoms with E-state index in [2.05, 4.69) is 21.8 Å². The van der Waals surface area contributed by atoms with Gasteiger partial charge in [0.25, 0.3) is 5.91 Å². The van der Waals surface area contributed by atoms with E-state index in [4.69, 9.17) is 5.73 Å². The minimum absolute atomic E-state index is 0.0698. The van der Waals surface area contributed by atoms with E-state index in [9.17, 15) is 28.0 Å². The summed E-state index contributed by atoms with van der Waals surface area (Å²) in [7, 11) is 0. The fourth-order valence-corrected chi connectivity index (χ4v) is 4.79. The Bertz CT molecular complexity index is 1160. The largest absolute Gasteiger partial charge is 0.393 e. The molecular weight excluding hydrogens is 473 g/mol. The van der Waals surface area contributed by atoms with Gasteiger partial charge >= 0.3 is 6.18 Å². The van der Waals surface area contributed by atoms with E-state index in [0.717, 1.165) is 18.4 Å². The Morgan fingerprint density at radius 2 is 1.89 bits per heavy atom. The Labute approximate surface area is 207 Å². The number of nitriles is 1. The number of amides is 2. The Balaban J connectivity index is 1.42. The van der Waals surface area contributed by atoms with Crippen LogP contribution in [-0.4, -0.2) is 33.8 Å². The smallest absolute Gasteiger partial charge is 0.365 e. The fourth-order valence-electron chi connectivity index (χ4n) is 4.79. The Kier molecular flexibility index (Phi) is 7.36.